The quantitative estimate of drug-likeness (QED) is 0.714. The first-order valence-electron chi connectivity index (χ1n) is 8.22. The predicted octanol–water partition coefficient (Wildman–Crippen LogP) is 2.58. The molecule has 0 aliphatic heterocycles. The van der Waals surface area contributed by atoms with E-state index in [4.69, 9.17) is 9.47 Å². The number of amides is 1. The van der Waals surface area contributed by atoms with E-state index in [0.29, 0.717) is 17.9 Å². The molecule has 2 aromatic rings. The van der Waals surface area contributed by atoms with Crippen molar-refractivity contribution in [3.05, 3.63) is 59.7 Å². The van der Waals surface area contributed by atoms with E-state index in [2.05, 4.69) is 0 Å². The summed E-state index contributed by atoms with van der Waals surface area (Å²) in [5.41, 5.74) is 2.39. The number of methoxy groups -OCH3 is 1. The van der Waals surface area contributed by atoms with Crippen LogP contribution >= 0.6 is 0 Å². The Morgan fingerprint density at radius 2 is 1.62 bits per heavy atom. The van der Waals surface area contributed by atoms with Crippen molar-refractivity contribution in [2.45, 2.75) is 6.54 Å². The number of para-hydroxylation sites is 1. The molecule has 0 N–H and O–H groups in total. The zero-order valence-corrected chi connectivity index (χ0v) is 15.6. The van der Waals surface area contributed by atoms with Gasteiger partial charge in [-0.15, -0.1) is 0 Å². The number of esters is 1. The molecule has 0 aliphatic rings. The van der Waals surface area contributed by atoms with Crippen LogP contribution < -0.4 is 9.64 Å². The van der Waals surface area contributed by atoms with Crippen molar-refractivity contribution in [1.29, 1.82) is 0 Å². The maximum Gasteiger partial charge on any atom is 0.342 e. The Morgan fingerprint density at radius 3 is 2.23 bits per heavy atom. The van der Waals surface area contributed by atoms with Gasteiger partial charge in [-0.25, -0.2) is 4.79 Å². The van der Waals surface area contributed by atoms with Gasteiger partial charge in [-0.1, -0.05) is 24.3 Å². The summed E-state index contributed by atoms with van der Waals surface area (Å²) >= 11 is 0. The molecule has 26 heavy (non-hydrogen) atoms. The lowest BCUT2D eigenvalue weighted by atomic mass is 10.2. The van der Waals surface area contributed by atoms with Crippen molar-refractivity contribution >= 4 is 17.6 Å². The topological polar surface area (TPSA) is 59.1 Å². The molecule has 0 heterocycles. The number of carbonyl (C=O) groups excluding carboxylic acids is 2. The van der Waals surface area contributed by atoms with Crippen LogP contribution in [0.25, 0.3) is 0 Å². The maximum absolute atomic E-state index is 12.2. The number of likely N-dealkylation sites (N-methyl/N-ethyl adjacent to an activating group) is 1. The van der Waals surface area contributed by atoms with E-state index in [1.807, 2.05) is 43.3 Å². The van der Waals surface area contributed by atoms with Crippen molar-refractivity contribution in [1.82, 2.24) is 4.90 Å². The first-order valence-corrected chi connectivity index (χ1v) is 8.22. The number of hydrogen-bond acceptors (Lipinski definition) is 5. The number of ether oxygens (including phenoxy) is 2. The smallest absolute Gasteiger partial charge is 0.342 e. The number of nitrogens with zero attached hydrogens (tertiary/aromatic N) is 2. The molecule has 1 amide bonds. The summed E-state index contributed by atoms with van der Waals surface area (Å²) in [6.45, 7) is 0.127. The van der Waals surface area contributed by atoms with Gasteiger partial charge in [-0.3, -0.25) is 4.79 Å². The third kappa shape index (κ3) is 4.99. The Kier molecular flexibility index (Phi) is 6.60. The molecule has 6 heteroatoms. The number of rotatable bonds is 7. The summed E-state index contributed by atoms with van der Waals surface area (Å²) in [4.78, 5) is 27.9. The zero-order valence-electron chi connectivity index (χ0n) is 15.6. The van der Waals surface area contributed by atoms with Crippen LogP contribution in [0, 0.1) is 0 Å². The van der Waals surface area contributed by atoms with Crippen LogP contribution in [0.1, 0.15) is 15.9 Å². The summed E-state index contributed by atoms with van der Waals surface area (Å²) in [6, 6.07) is 14.7. The third-order valence-corrected chi connectivity index (χ3v) is 3.95. The van der Waals surface area contributed by atoms with Gasteiger partial charge in [0.15, 0.2) is 6.61 Å². The molecule has 0 bridgehead atoms. The fourth-order valence-electron chi connectivity index (χ4n) is 2.39. The highest BCUT2D eigenvalue weighted by Crippen LogP contribution is 2.18. The van der Waals surface area contributed by atoms with E-state index in [1.165, 1.54) is 12.0 Å². The Labute approximate surface area is 153 Å². The molecular formula is C20H24N2O4. The minimum atomic E-state index is -0.584. The van der Waals surface area contributed by atoms with Crippen LogP contribution in [0.3, 0.4) is 0 Å². The van der Waals surface area contributed by atoms with Crippen LogP contribution in [0.4, 0.5) is 5.69 Å². The highest BCUT2D eigenvalue weighted by atomic mass is 16.5. The summed E-state index contributed by atoms with van der Waals surface area (Å²) in [5, 5.41) is 0. The first-order chi connectivity index (χ1) is 12.4. The second-order valence-electron chi connectivity index (χ2n) is 6.09. The molecule has 0 unspecified atom stereocenters. The molecule has 0 spiro atoms. The van der Waals surface area contributed by atoms with Gasteiger partial charge in [0.25, 0.3) is 5.91 Å². The summed E-state index contributed by atoms with van der Waals surface area (Å²) in [6.07, 6.45) is 0. The van der Waals surface area contributed by atoms with Crippen molar-refractivity contribution in [2.24, 2.45) is 0 Å². The maximum atomic E-state index is 12.2. The van der Waals surface area contributed by atoms with E-state index in [0.717, 1.165) is 11.3 Å². The molecule has 0 atom stereocenters. The molecule has 0 saturated carbocycles. The highest BCUT2D eigenvalue weighted by Gasteiger charge is 2.16. The third-order valence-electron chi connectivity index (χ3n) is 3.95. The minimum Gasteiger partial charge on any atom is -0.496 e. The fourth-order valence-corrected chi connectivity index (χ4v) is 2.39. The van der Waals surface area contributed by atoms with Crippen LogP contribution in [0.2, 0.25) is 0 Å². The van der Waals surface area contributed by atoms with Gasteiger partial charge >= 0.3 is 5.97 Å². The molecule has 0 aromatic heterocycles. The Bertz CT molecular complexity index is 757. The molecule has 138 valence electrons. The van der Waals surface area contributed by atoms with Gasteiger partial charge in [0.05, 0.1) is 7.11 Å². The van der Waals surface area contributed by atoms with Crippen LogP contribution in [-0.2, 0) is 16.1 Å². The molecule has 0 radical (unpaired) electrons. The number of hydrogen-bond donors (Lipinski definition) is 0. The predicted molar refractivity (Wildman–Crippen MR) is 101 cm³/mol. The molecule has 0 fully saturated rings. The fraction of sp³-hybridized carbons (Fsp3) is 0.300. The molecule has 6 nitrogen and oxygen atoms in total. The largest absolute Gasteiger partial charge is 0.496 e. The molecule has 2 rings (SSSR count). The van der Waals surface area contributed by atoms with Crippen molar-refractivity contribution in [3.8, 4) is 5.75 Å². The standard InChI is InChI=1S/C20H24N2O4/c1-21(2)16-11-9-15(10-12-16)13-22(3)19(23)14-26-20(24)17-7-5-6-8-18(17)25-4/h5-12H,13-14H2,1-4H3. The van der Waals surface area contributed by atoms with Gasteiger partial charge in [-0.05, 0) is 29.8 Å². The Balaban J connectivity index is 1.89. The summed E-state index contributed by atoms with van der Waals surface area (Å²) in [7, 11) is 7.10. The van der Waals surface area contributed by atoms with Gasteiger partial charge in [0.2, 0.25) is 0 Å². The van der Waals surface area contributed by atoms with Gasteiger partial charge in [0, 0.05) is 33.4 Å². The van der Waals surface area contributed by atoms with Crippen LogP contribution in [0.15, 0.2) is 48.5 Å². The minimum absolute atomic E-state index is 0.273. The van der Waals surface area contributed by atoms with E-state index >= 15 is 0 Å². The number of anilines is 1. The van der Waals surface area contributed by atoms with Gasteiger partial charge in [0.1, 0.15) is 11.3 Å². The average molecular weight is 356 g/mol. The Hall–Kier alpha value is -3.02. The lowest BCUT2D eigenvalue weighted by Gasteiger charge is -2.18. The zero-order chi connectivity index (χ0) is 19.1. The molecule has 0 aliphatic carbocycles. The van der Waals surface area contributed by atoms with E-state index < -0.39 is 5.97 Å². The normalized spacial score (nSPS) is 10.2. The van der Waals surface area contributed by atoms with Gasteiger partial charge < -0.3 is 19.3 Å². The monoisotopic (exact) mass is 356 g/mol. The second-order valence-corrected chi connectivity index (χ2v) is 6.09. The lowest BCUT2D eigenvalue weighted by Crippen LogP contribution is -2.30. The first kappa shape index (κ1) is 19.3. The molecule has 0 saturated heterocycles. The number of benzene rings is 2. The lowest BCUT2D eigenvalue weighted by molar-refractivity contribution is -0.133. The molecular weight excluding hydrogens is 332 g/mol. The van der Waals surface area contributed by atoms with Crippen molar-refractivity contribution in [3.63, 3.8) is 0 Å². The Morgan fingerprint density at radius 1 is 0.962 bits per heavy atom. The van der Waals surface area contributed by atoms with Crippen molar-refractivity contribution in [2.75, 3.05) is 39.8 Å². The van der Waals surface area contributed by atoms with E-state index in [1.54, 1.807) is 31.3 Å². The SMILES string of the molecule is COc1ccccc1C(=O)OCC(=O)N(C)Cc1ccc(N(C)C)cc1. The van der Waals surface area contributed by atoms with Crippen LogP contribution in [-0.4, -0.2) is 51.6 Å². The summed E-state index contributed by atoms with van der Waals surface area (Å²) in [5.74, 6) is -0.441. The summed E-state index contributed by atoms with van der Waals surface area (Å²) < 4.78 is 10.3. The van der Waals surface area contributed by atoms with Crippen molar-refractivity contribution < 1.29 is 19.1 Å². The van der Waals surface area contributed by atoms with E-state index in [9.17, 15) is 9.59 Å². The van der Waals surface area contributed by atoms with Gasteiger partial charge in [-0.2, -0.15) is 0 Å². The number of carbonyl (C=O) groups is 2. The average Bonchev–Trinajstić information content (AvgIpc) is 2.66. The van der Waals surface area contributed by atoms with Crippen LogP contribution in [0.5, 0.6) is 5.75 Å². The van der Waals surface area contributed by atoms with E-state index in [-0.39, 0.29) is 12.5 Å². The second kappa shape index (κ2) is 8.89. The molecule has 2 aromatic carbocycles. The highest BCUT2D eigenvalue weighted by molar-refractivity contribution is 5.93.